The fourth-order valence-corrected chi connectivity index (χ4v) is 4.89. The van der Waals surface area contributed by atoms with E-state index in [4.69, 9.17) is 5.73 Å². The summed E-state index contributed by atoms with van der Waals surface area (Å²) in [5.41, 5.74) is 7.22. The van der Waals surface area contributed by atoms with Crippen LogP contribution >= 0.6 is 11.8 Å². The Balaban J connectivity index is 1.72. The fraction of sp³-hybridized carbons (Fsp3) is 0.571. The van der Waals surface area contributed by atoms with Gasteiger partial charge in [-0.25, -0.2) is 0 Å². The summed E-state index contributed by atoms with van der Waals surface area (Å²) in [4.78, 5) is 41.0. The number of carbonyl (C=O) groups is 3. The molecule has 0 radical (unpaired) electrons. The number of nitrogens with two attached hydrogens (primary N) is 1. The summed E-state index contributed by atoms with van der Waals surface area (Å²) < 4.78 is 0. The highest BCUT2D eigenvalue weighted by Gasteiger charge is 2.39. The van der Waals surface area contributed by atoms with E-state index in [1.807, 2.05) is 24.3 Å². The lowest BCUT2D eigenvalue weighted by Gasteiger charge is -2.35. The van der Waals surface area contributed by atoms with E-state index in [9.17, 15) is 14.4 Å². The molecular weight excluding hydrogens is 374 g/mol. The van der Waals surface area contributed by atoms with Gasteiger partial charge in [-0.2, -0.15) is 0 Å². The van der Waals surface area contributed by atoms with Crippen molar-refractivity contribution in [3.05, 3.63) is 35.4 Å². The number of thioether (sulfide) groups is 1. The Kier molecular flexibility index (Phi) is 6.03. The van der Waals surface area contributed by atoms with Crippen LogP contribution in [0.5, 0.6) is 0 Å². The van der Waals surface area contributed by atoms with E-state index in [0.29, 0.717) is 30.3 Å². The van der Waals surface area contributed by atoms with Crippen LogP contribution in [0.4, 0.5) is 0 Å². The smallest absolute Gasteiger partial charge is 0.255 e. The van der Waals surface area contributed by atoms with Gasteiger partial charge in [0.25, 0.3) is 5.91 Å². The second-order valence-corrected chi connectivity index (χ2v) is 9.64. The molecule has 2 atom stereocenters. The molecule has 2 saturated heterocycles. The Morgan fingerprint density at radius 2 is 1.82 bits per heavy atom. The third kappa shape index (κ3) is 4.35. The molecule has 0 unspecified atom stereocenters. The van der Waals surface area contributed by atoms with Crippen molar-refractivity contribution in [2.75, 3.05) is 24.7 Å². The van der Waals surface area contributed by atoms with Gasteiger partial charge in [0.2, 0.25) is 11.8 Å². The van der Waals surface area contributed by atoms with Crippen molar-refractivity contribution in [1.82, 2.24) is 9.80 Å². The van der Waals surface area contributed by atoms with Crippen LogP contribution in [0.25, 0.3) is 0 Å². The molecule has 2 N–H and O–H groups in total. The van der Waals surface area contributed by atoms with Crippen molar-refractivity contribution in [1.29, 1.82) is 0 Å². The number of likely N-dealkylation sites (tertiary alicyclic amines) is 1. The van der Waals surface area contributed by atoms with Crippen molar-refractivity contribution in [2.24, 2.45) is 11.7 Å². The molecule has 2 heterocycles. The maximum atomic E-state index is 13.1. The molecule has 7 heteroatoms. The quantitative estimate of drug-likeness (QED) is 0.839. The molecule has 0 saturated carbocycles. The standard InChI is InChI=1S/C21H29N3O3S/c1-21(2,3)16-8-6-14(7-9-16)19(26)24-13-28-12-17(24)20(27)23-10-4-5-15(11-23)18(22)25/h6-9,15,17H,4-5,10-13H2,1-3H3,(H2,22,25)/t15-,17-/m0/s1. The van der Waals surface area contributed by atoms with Gasteiger partial charge in [-0.15, -0.1) is 11.8 Å². The van der Waals surface area contributed by atoms with Crippen LogP contribution in [0.15, 0.2) is 24.3 Å². The van der Waals surface area contributed by atoms with Crippen molar-refractivity contribution < 1.29 is 14.4 Å². The summed E-state index contributed by atoms with van der Waals surface area (Å²) in [6, 6.07) is 7.17. The first-order valence-electron chi connectivity index (χ1n) is 9.76. The highest BCUT2D eigenvalue weighted by atomic mass is 32.2. The van der Waals surface area contributed by atoms with Gasteiger partial charge in [-0.05, 0) is 36.0 Å². The van der Waals surface area contributed by atoms with Gasteiger partial charge in [-0.3, -0.25) is 14.4 Å². The predicted octanol–water partition coefficient (Wildman–Crippen LogP) is 2.22. The Morgan fingerprint density at radius 1 is 1.14 bits per heavy atom. The van der Waals surface area contributed by atoms with E-state index >= 15 is 0 Å². The third-order valence-corrected chi connectivity index (χ3v) is 6.57. The number of carbonyl (C=O) groups excluding carboxylic acids is 3. The van der Waals surface area contributed by atoms with E-state index < -0.39 is 6.04 Å². The summed E-state index contributed by atoms with van der Waals surface area (Å²) >= 11 is 1.59. The number of hydrogen-bond acceptors (Lipinski definition) is 4. The topological polar surface area (TPSA) is 83.7 Å². The highest BCUT2D eigenvalue weighted by Crippen LogP contribution is 2.28. The molecule has 0 aromatic heterocycles. The van der Waals surface area contributed by atoms with Crippen LogP contribution in [0.3, 0.4) is 0 Å². The van der Waals surface area contributed by atoms with Crippen molar-refractivity contribution in [3.8, 4) is 0 Å². The van der Waals surface area contributed by atoms with Crippen LogP contribution in [0.2, 0.25) is 0 Å². The summed E-state index contributed by atoms with van der Waals surface area (Å²) in [5, 5.41) is 0. The lowest BCUT2D eigenvalue weighted by Crippen LogP contribution is -2.52. The number of primary amides is 1. The summed E-state index contributed by atoms with van der Waals surface area (Å²) in [6.07, 6.45) is 1.49. The number of nitrogens with zero attached hydrogens (tertiary/aromatic N) is 2. The van der Waals surface area contributed by atoms with Gasteiger partial charge in [0.1, 0.15) is 6.04 Å². The van der Waals surface area contributed by atoms with Crippen LogP contribution < -0.4 is 5.73 Å². The van der Waals surface area contributed by atoms with E-state index in [-0.39, 0.29) is 29.1 Å². The SMILES string of the molecule is CC(C)(C)c1ccc(C(=O)N2CSC[C@H]2C(=O)N2CCC[C@H](C(N)=O)C2)cc1. The molecule has 0 bridgehead atoms. The van der Waals surface area contributed by atoms with Crippen LogP contribution in [-0.2, 0) is 15.0 Å². The lowest BCUT2D eigenvalue weighted by molar-refractivity contribution is -0.138. The largest absolute Gasteiger partial charge is 0.369 e. The molecule has 6 nitrogen and oxygen atoms in total. The van der Waals surface area contributed by atoms with Crippen LogP contribution in [-0.4, -0.2) is 58.3 Å². The Morgan fingerprint density at radius 3 is 2.43 bits per heavy atom. The molecule has 1 aromatic carbocycles. The van der Waals surface area contributed by atoms with Crippen molar-refractivity contribution in [3.63, 3.8) is 0 Å². The van der Waals surface area contributed by atoms with E-state index in [1.54, 1.807) is 21.6 Å². The highest BCUT2D eigenvalue weighted by molar-refractivity contribution is 7.99. The minimum atomic E-state index is -0.480. The van der Waals surface area contributed by atoms with E-state index in [1.165, 1.54) is 5.56 Å². The number of piperidine rings is 1. The van der Waals surface area contributed by atoms with E-state index in [2.05, 4.69) is 20.8 Å². The zero-order valence-electron chi connectivity index (χ0n) is 16.8. The second kappa shape index (κ2) is 8.15. The lowest BCUT2D eigenvalue weighted by atomic mass is 9.86. The molecule has 0 aliphatic carbocycles. The maximum absolute atomic E-state index is 13.1. The molecular formula is C21H29N3O3S. The average Bonchev–Trinajstić information content (AvgIpc) is 3.16. The monoisotopic (exact) mass is 403 g/mol. The van der Waals surface area contributed by atoms with Crippen LogP contribution in [0.1, 0.15) is 49.5 Å². The maximum Gasteiger partial charge on any atom is 0.255 e. The Bertz CT molecular complexity index is 757. The molecule has 0 spiro atoms. The third-order valence-electron chi connectivity index (χ3n) is 5.56. The van der Waals surface area contributed by atoms with Gasteiger partial charge in [0.15, 0.2) is 0 Å². The molecule has 152 valence electrons. The first-order chi connectivity index (χ1) is 13.2. The molecule has 3 rings (SSSR count). The summed E-state index contributed by atoms with van der Waals surface area (Å²) in [6.45, 7) is 7.37. The minimum absolute atomic E-state index is 0.0226. The Hall–Kier alpha value is -2.02. The normalized spacial score (nSPS) is 23.0. The van der Waals surface area contributed by atoms with Gasteiger partial charge in [0, 0.05) is 24.4 Å². The summed E-state index contributed by atoms with van der Waals surface area (Å²) in [7, 11) is 0. The number of hydrogen-bond donors (Lipinski definition) is 1. The number of amides is 3. The molecule has 2 aliphatic heterocycles. The van der Waals surface area contributed by atoms with Crippen molar-refractivity contribution >= 4 is 29.5 Å². The first-order valence-corrected chi connectivity index (χ1v) is 10.9. The molecule has 1 aromatic rings. The summed E-state index contributed by atoms with van der Waals surface area (Å²) in [5.74, 6) is 0.250. The Labute approximate surface area is 170 Å². The second-order valence-electron chi connectivity index (χ2n) is 8.64. The molecule has 28 heavy (non-hydrogen) atoms. The van der Waals surface area contributed by atoms with Gasteiger partial charge < -0.3 is 15.5 Å². The first kappa shape index (κ1) is 20.7. The molecule has 2 fully saturated rings. The average molecular weight is 404 g/mol. The van der Waals surface area contributed by atoms with Crippen molar-refractivity contribution in [2.45, 2.75) is 45.1 Å². The van der Waals surface area contributed by atoms with Gasteiger partial charge >= 0.3 is 0 Å². The van der Waals surface area contributed by atoms with Gasteiger partial charge in [-0.1, -0.05) is 32.9 Å². The number of benzene rings is 1. The van der Waals surface area contributed by atoms with Crippen LogP contribution in [0, 0.1) is 5.92 Å². The van der Waals surface area contributed by atoms with Gasteiger partial charge in [0.05, 0.1) is 11.8 Å². The zero-order chi connectivity index (χ0) is 20.5. The molecule has 2 aliphatic rings. The zero-order valence-corrected chi connectivity index (χ0v) is 17.6. The number of rotatable bonds is 3. The minimum Gasteiger partial charge on any atom is -0.369 e. The molecule has 3 amide bonds. The van der Waals surface area contributed by atoms with E-state index in [0.717, 1.165) is 12.8 Å². The fourth-order valence-electron chi connectivity index (χ4n) is 3.75. The predicted molar refractivity (Wildman–Crippen MR) is 111 cm³/mol.